The van der Waals surface area contributed by atoms with Crippen LogP contribution in [0.2, 0.25) is 0 Å². The Morgan fingerprint density at radius 1 is 1.30 bits per heavy atom. The molecule has 0 heterocycles. The molecule has 1 rings (SSSR count). The van der Waals surface area contributed by atoms with Gasteiger partial charge in [0.15, 0.2) is 0 Å². The Kier molecular flexibility index (Phi) is 2.68. The highest BCUT2D eigenvalue weighted by atomic mass is 14.7. The summed E-state index contributed by atoms with van der Waals surface area (Å²) in [6, 6.07) is 9.95. The van der Waals surface area contributed by atoms with Crippen molar-refractivity contribution < 1.29 is 0 Å². The van der Waals surface area contributed by atoms with E-state index >= 15 is 0 Å². The third kappa shape index (κ3) is 2.02. The van der Waals surface area contributed by atoms with Gasteiger partial charge in [-0.1, -0.05) is 25.1 Å². The summed E-state index contributed by atoms with van der Waals surface area (Å²) < 4.78 is 0. The third-order valence-corrected chi connectivity index (χ3v) is 1.18. The van der Waals surface area contributed by atoms with Crippen molar-refractivity contribution in [2.45, 2.75) is 13.3 Å². The zero-order chi connectivity index (χ0) is 7.23. The van der Waals surface area contributed by atoms with Crippen molar-refractivity contribution in [3.05, 3.63) is 30.3 Å². The SMILES string of the molecule is CC/C=N/c1ccccc1. The van der Waals surface area contributed by atoms with E-state index in [4.69, 9.17) is 0 Å². The maximum Gasteiger partial charge on any atom is 0.0625 e. The summed E-state index contributed by atoms with van der Waals surface area (Å²) in [5, 5.41) is 0. The van der Waals surface area contributed by atoms with Crippen LogP contribution in [-0.4, -0.2) is 6.21 Å². The number of nitrogens with zero attached hydrogens (tertiary/aromatic N) is 1. The third-order valence-electron chi connectivity index (χ3n) is 1.18. The zero-order valence-corrected chi connectivity index (χ0v) is 6.12. The highest BCUT2D eigenvalue weighted by Gasteiger charge is 1.79. The van der Waals surface area contributed by atoms with Gasteiger partial charge in [0.05, 0.1) is 5.69 Å². The number of para-hydroxylation sites is 1. The summed E-state index contributed by atoms with van der Waals surface area (Å²) in [4.78, 5) is 4.20. The van der Waals surface area contributed by atoms with Gasteiger partial charge >= 0.3 is 0 Å². The van der Waals surface area contributed by atoms with Crippen LogP contribution in [0.4, 0.5) is 5.69 Å². The average molecular weight is 133 g/mol. The molecule has 0 bridgehead atoms. The number of rotatable bonds is 2. The predicted molar refractivity (Wildman–Crippen MR) is 44.9 cm³/mol. The highest BCUT2D eigenvalue weighted by molar-refractivity contribution is 5.62. The lowest BCUT2D eigenvalue weighted by Crippen LogP contribution is -1.66. The minimum absolute atomic E-state index is 0.995. The molecule has 0 aliphatic carbocycles. The molecule has 1 nitrogen and oxygen atoms in total. The maximum atomic E-state index is 4.20. The summed E-state index contributed by atoms with van der Waals surface area (Å²) in [5.41, 5.74) is 1.03. The van der Waals surface area contributed by atoms with Gasteiger partial charge in [0, 0.05) is 6.21 Å². The van der Waals surface area contributed by atoms with E-state index in [0.29, 0.717) is 0 Å². The molecule has 0 radical (unpaired) electrons. The molecule has 1 aromatic carbocycles. The lowest BCUT2D eigenvalue weighted by Gasteiger charge is -1.88. The summed E-state index contributed by atoms with van der Waals surface area (Å²) in [7, 11) is 0. The Labute approximate surface area is 61.4 Å². The van der Waals surface area contributed by atoms with E-state index < -0.39 is 0 Å². The Hall–Kier alpha value is -1.11. The fourth-order valence-electron chi connectivity index (χ4n) is 0.711. The number of hydrogen-bond acceptors (Lipinski definition) is 1. The second-order valence-electron chi connectivity index (χ2n) is 2.06. The highest BCUT2D eigenvalue weighted by Crippen LogP contribution is 2.08. The number of benzene rings is 1. The van der Waals surface area contributed by atoms with Crippen LogP contribution in [0.3, 0.4) is 0 Å². The molecule has 52 valence electrons. The van der Waals surface area contributed by atoms with E-state index in [0.717, 1.165) is 12.1 Å². The molecule has 0 amide bonds. The van der Waals surface area contributed by atoms with Crippen LogP contribution in [0.15, 0.2) is 35.3 Å². The van der Waals surface area contributed by atoms with Crippen molar-refractivity contribution in [3.63, 3.8) is 0 Å². The van der Waals surface area contributed by atoms with Gasteiger partial charge in [0.2, 0.25) is 0 Å². The molecule has 0 aliphatic heterocycles. The molecule has 1 heteroatoms. The first kappa shape index (κ1) is 7.00. The normalized spacial score (nSPS) is 10.5. The Morgan fingerprint density at radius 3 is 2.60 bits per heavy atom. The first-order valence-electron chi connectivity index (χ1n) is 3.51. The van der Waals surface area contributed by atoms with Gasteiger partial charge in [-0.3, -0.25) is 4.99 Å². The maximum absolute atomic E-state index is 4.20. The molecular formula is C9H11N. The lowest BCUT2D eigenvalue weighted by molar-refractivity contribution is 1.31. The molecule has 0 N–H and O–H groups in total. The van der Waals surface area contributed by atoms with Crippen molar-refractivity contribution in [1.29, 1.82) is 0 Å². The Morgan fingerprint density at radius 2 is 2.00 bits per heavy atom. The van der Waals surface area contributed by atoms with Crippen molar-refractivity contribution in [1.82, 2.24) is 0 Å². The van der Waals surface area contributed by atoms with Crippen LogP contribution < -0.4 is 0 Å². The molecule has 10 heavy (non-hydrogen) atoms. The summed E-state index contributed by atoms with van der Waals surface area (Å²) >= 11 is 0. The molecular weight excluding hydrogens is 122 g/mol. The predicted octanol–water partition coefficient (Wildman–Crippen LogP) is 2.80. The standard InChI is InChI=1S/C9H11N/c1-2-8-10-9-6-4-3-5-7-9/h3-8H,2H2,1H3/b10-8+. The molecule has 0 unspecified atom stereocenters. The Balaban J connectivity index is 2.67. The van der Waals surface area contributed by atoms with Crippen LogP contribution in [-0.2, 0) is 0 Å². The van der Waals surface area contributed by atoms with Crippen LogP contribution >= 0.6 is 0 Å². The summed E-state index contributed by atoms with van der Waals surface area (Å²) in [5.74, 6) is 0. The van der Waals surface area contributed by atoms with Gasteiger partial charge in [-0.25, -0.2) is 0 Å². The van der Waals surface area contributed by atoms with Gasteiger partial charge in [-0.15, -0.1) is 0 Å². The molecule has 0 atom stereocenters. The second kappa shape index (κ2) is 3.83. The smallest absolute Gasteiger partial charge is 0.0625 e. The van der Waals surface area contributed by atoms with Gasteiger partial charge in [-0.05, 0) is 18.6 Å². The van der Waals surface area contributed by atoms with Crippen molar-refractivity contribution >= 4 is 11.9 Å². The molecule has 0 aliphatic rings. The largest absolute Gasteiger partial charge is 0.261 e. The fraction of sp³-hybridized carbons (Fsp3) is 0.222. The minimum Gasteiger partial charge on any atom is -0.261 e. The summed E-state index contributed by atoms with van der Waals surface area (Å²) in [6.07, 6.45) is 2.91. The van der Waals surface area contributed by atoms with Crippen LogP contribution in [0.25, 0.3) is 0 Å². The quantitative estimate of drug-likeness (QED) is 0.550. The fourth-order valence-corrected chi connectivity index (χ4v) is 0.711. The topological polar surface area (TPSA) is 12.4 Å². The van der Waals surface area contributed by atoms with E-state index in [9.17, 15) is 0 Å². The van der Waals surface area contributed by atoms with Gasteiger partial charge < -0.3 is 0 Å². The van der Waals surface area contributed by atoms with Crippen molar-refractivity contribution in [2.24, 2.45) is 4.99 Å². The monoisotopic (exact) mass is 133 g/mol. The first-order chi connectivity index (χ1) is 4.93. The molecule has 0 fully saturated rings. The second-order valence-corrected chi connectivity index (χ2v) is 2.06. The van der Waals surface area contributed by atoms with E-state index in [2.05, 4.69) is 11.9 Å². The van der Waals surface area contributed by atoms with Crippen molar-refractivity contribution in [3.8, 4) is 0 Å². The van der Waals surface area contributed by atoms with Crippen LogP contribution in [0.5, 0.6) is 0 Å². The molecule has 0 spiro atoms. The summed E-state index contributed by atoms with van der Waals surface area (Å²) in [6.45, 7) is 2.08. The molecule has 1 aromatic rings. The van der Waals surface area contributed by atoms with Crippen LogP contribution in [0.1, 0.15) is 13.3 Å². The first-order valence-corrected chi connectivity index (χ1v) is 3.51. The lowest BCUT2D eigenvalue weighted by atomic mass is 10.3. The number of aliphatic imine (C=N–C) groups is 1. The zero-order valence-electron chi connectivity index (χ0n) is 6.12. The van der Waals surface area contributed by atoms with Gasteiger partial charge in [0.1, 0.15) is 0 Å². The van der Waals surface area contributed by atoms with E-state index in [1.165, 1.54) is 0 Å². The van der Waals surface area contributed by atoms with Crippen molar-refractivity contribution in [2.75, 3.05) is 0 Å². The average Bonchev–Trinajstić information content (AvgIpc) is 2.03. The molecule has 0 saturated heterocycles. The van der Waals surface area contributed by atoms with Gasteiger partial charge in [0.25, 0.3) is 0 Å². The minimum atomic E-state index is 0.995. The van der Waals surface area contributed by atoms with Crippen LogP contribution in [0, 0.1) is 0 Å². The Bertz CT molecular complexity index is 201. The molecule has 0 saturated carbocycles. The van der Waals surface area contributed by atoms with E-state index in [1.54, 1.807) is 0 Å². The van der Waals surface area contributed by atoms with E-state index in [-0.39, 0.29) is 0 Å². The van der Waals surface area contributed by atoms with Gasteiger partial charge in [-0.2, -0.15) is 0 Å². The number of hydrogen-bond donors (Lipinski definition) is 0. The molecule has 0 aromatic heterocycles. The van der Waals surface area contributed by atoms with E-state index in [1.807, 2.05) is 36.5 Å².